The van der Waals surface area contributed by atoms with Crippen molar-refractivity contribution < 1.29 is 19.4 Å². The molecular formula is C18H18ClNO4S. The van der Waals surface area contributed by atoms with Crippen LogP contribution in [0.2, 0.25) is 5.02 Å². The lowest BCUT2D eigenvalue weighted by molar-refractivity contribution is -0.141. The summed E-state index contributed by atoms with van der Waals surface area (Å²) in [4.78, 5) is 27.2. The minimum Gasteiger partial charge on any atom is -0.480 e. The maximum atomic E-state index is 12.9. The standard InChI is InChI=1S/C18H18ClNO4S/c1-10-6-15(25-16(10)11-4-3-5-12(19)7-11)17(21)20-9-13(24-2)8-14(20)18(22)23/h3-7,13-14H,8-9H2,1-2H3,(H,22,23). The fourth-order valence-corrected chi connectivity index (χ4v) is 4.39. The highest BCUT2D eigenvalue weighted by atomic mass is 35.5. The Morgan fingerprint density at radius 1 is 1.36 bits per heavy atom. The lowest BCUT2D eigenvalue weighted by Gasteiger charge is -2.20. The van der Waals surface area contributed by atoms with Gasteiger partial charge in [-0.15, -0.1) is 11.3 Å². The molecule has 2 atom stereocenters. The number of carboxylic acids is 1. The topological polar surface area (TPSA) is 66.8 Å². The highest BCUT2D eigenvalue weighted by Gasteiger charge is 2.40. The molecule has 0 bridgehead atoms. The third-order valence-electron chi connectivity index (χ3n) is 4.36. The summed E-state index contributed by atoms with van der Waals surface area (Å²) in [5.41, 5.74) is 1.91. The zero-order valence-corrected chi connectivity index (χ0v) is 15.4. The number of likely N-dealkylation sites (tertiary alicyclic amines) is 1. The molecule has 1 amide bonds. The number of carboxylic acid groups (broad SMARTS) is 1. The maximum absolute atomic E-state index is 12.9. The van der Waals surface area contributed by atoms with E-state index < -0.39 is 12.0 Å². The number of halogens is 1. The third kappa shape index (κ3) is 3.56. The van der Waals surface area contributed by atoms with Crippen molar-refractivity contribution in [3.05, 3.63) is 45.8 Å². The summed E-state index contributed by atoms with van der Waals surface area (Å²) in [6.45, 7) is 2.22. The Morgan fingerprint density at radius 3 is 2.76 bits per heavy atom. The van der Waals surface area contributed by atoms with Crippen LogP contribution in [0.1, 0.15) is 21.7 Å². The van der Waals surface area contributed by atoms with E-state index >= 15 is 0 Å². The average Bonchev–Trinajstić information content (AvgIpc) is 3.18. The quantitative estimate of drug-likeness (QED) is 0.879. The number of rotatable bonds is 4. The molecule has 2 heterocycles. The molecule has 1 aromatic heterocycles. The number of aliphatic carboxylic acids is 1. The smallest absolute Gasteiger partial charge is 0.326 e. The summed E-state index contributed by atoms with van der Waals surface area (Å²) in [7, 11) is 1.53. The molecule has 7 heteroatoms. The van der Waals surface area contributed by atoms with E-state index in [9.17, 15) is 14.7 Å². The van der Waals surface area contributed by atoms with Crippen LogP contribution in [0.3, 0.4) is 0 Å². The molecule has 132 valence electrons. The number of ether oxygens (including phenoxy) is 1. The Labute approximate surface area is 154 Å². The van der Waals surface area contributed by atoms with Crippen LogP contribution in [0.15, 0.2) is 30.3 Å². The first kappa shape index (κ1) is 17.9. The first-order valence-corrected chi connectivity index (χ1v) is 9.03. The summed E-state index contributed by atoms with van der Waals surface area (Å²) in [6, 6.07) is 8.41. The molecule has 0 aliphatic carbocycles. The Bertz CT molecular complexity index is 819. The summed E-state index contributed by atoms with van der Waals surface area (Å²) in [5, 5.41) is 10.0. The molecular weight excluding hydrogens is 362 g/mol. The van der Waals surface area contributed by atoms with Crippen LogP contribution < -0.4 is 0 Å². The van der Waals surface area contributed by atoms with Gasteiger partial charge in [0.2, 0.25) is 0 Å². The van der Waals surface area contributed by atoms with E-state index in [0.717, 1.165) is 16.0 Å². The summed E-state index contributed by atoms with van der Waals surface area (Å²) < 4.78 is 5.25. The zero-order chi connectivity index (χ0) is 18.1. The predicted octanol–water partition coefficient (Wildman–Crippen LogP) is 3.69. The summed E-state index contributed by atoms with van der Waals surface area (Å²) in [5.74, 6) is -1.27. The molecule has 25 heavy (non-hydrogen) atoms. The second kappa shape index (κ2) is 7.15. The summed E-state index contributed by atoms with van der Waals surface area (Å²) >= 11 is 7.41. The van der Waals surface area contributed by atoms with Crippen molar-refractivity contribution in [1.82, 2.24) is 4.90 Å². The van der Waals surface area contributed by atoms with Gasteiger partial charge in [-0.1, -0.05) is 23.7 Å². The van der Waals surface area contributed by atoms with Gasteiger partial charge in [-0.3, -0.25) is 4.79 Å². The van der Waals surface area contributed by atoms with Crippen LogP contribution in [0.4, 0.5) is 0 Å². The number of carbonyl (C=O) groups is 2. The second-order valence-corrected chi connectivity index (χ2v) is 7.53. The van der Waals surface area contributed by atoms with Crippen LogP contribution in [-0.2, 0) is 9.53 Å². The van der Waals surface area contributed by atoms with E-state index in [2.05, 4.69) is 0 Å². The van der Waals surface area contributed by atoms with E-state index in [1.807, 2.05) is 31.2 Å². The van der Waals surface area contributed by atoms with Crippen LogP contribution >= 0.6 is 22.9 Å². The molecule has 1 fully saturated rings. The van der Waals surface area contributed by atoms with Gasteiger partial charge in [-0.05, 0) is 36.2 Å². The molecule has 1 aliphatic rings. The predicted molar refractivity (Wildman–Crippen MR) is 97.4 cm³/mol. The first-order chi connectivity index (χ1) is 11.9. The van der Waals surface area contributed by atoms with E-state index in [4.69, 9.17) is 16.3 Å². The van der Waals surface area contributed by atoms with Gasteiger partial charge in [-0.25, -0.2) is 4.79 Å². The number of benzene rings is 1. The van der Waals surface area contributed by atoms with Crippen molar-refractivity contribution in [1.29, 1.82) is 0 Å². The largest absolute Gasteiger partial charge is 0.480 e. The van der Waals surface area contributed by atoms with Crippen molar-refractivity contribution in [3.8, 4) is 10.4 Å². The SMILES string of the molecule is COC1CC(C(=O)O)N(C(=O)c2cc(C)c(-c3cccc(Cl)c3)s2)C1. The van der Waals surface area contributed by atoms with E-state index in [1.54, 1.807) is 6.07 Å². The number of hydrogen-bond donors (Lipinski definition) is 1. The fraction of sp³-hybridized carbons (Fsp3) is 0.333. The number of thiophene rings is 1. The van der Waals surface area contributed by atoms with Crippen molar-refractivity contribution >= 4 is 34.8 Å². The number of carbonyl (C=O) groups excluding carboxylic acids is 1. The molecule has 1 saturated heterocycles. The first-order valence-electron chi connectivity index (χ1n) is 7.83. The fourth-order valence-electron chi connectivity index (χ4n) is 3.07. The number of methoxy groups -OCH3 is 1. The number of amides is 1. The number of nitrogens with zero attached hydrogens (tertiary/aromatic N) is 1. The maximum Gasteiger partial charge on any atom is 0.326 e. The summed E-state index contributed by atoms with van der Waals surface area (Å²) in [6.07, 6.45) is 0.0572. The lowest BCUT2D eigenvalue weighted by atomic mass is 10.1. The molecule has 5 nitrogen and oxygen atoms in total. The van der Waals surface area contributed by atoms with Crippen molar-refractivity contribution in [2.45, 2.75) is 25.5 Å². The second-order valence-electron chi connectivity index (χ2n) is 6.04. The van der Waals surface area contributed by atoms with E-state index in [-0.39, 0.29) is 18.6 Å². The molecule has 2 aromatic rings. The average molecular weight is 380 g/mol. The van der Waals surface area contributed by atoms with E-state index in [0.29, 0.717) is 16.3 Å². The monoisotopic (exact) mass is 379 g/mol. The number of aryl methyl sites for hydroxylation is 1. The van der Waals surface area contributed by atoms with Gasteiger partial charge in [0.05, 0.1) is 11.0 Å². The normalized spacial score (nSPS) is 20.0. The zero-order valence-electron chi connectivity index (χ0n) is 13.9. The molecule has 0 spiro atoms. The van der Waals surface area contributed by atoms with Gasteiger partial charge in [-0.2, -0.15) is 0 Å². The molecule has 1 aliphatic heterocycles. The minimum absolute atomic E-state index is 0.251. The molecule has 1 N–H and O–H groups in total. The Balaban J connectivity index is 1.90. The van der Waals surface area contributed by atoms with Gasteiger partial charge in [0.25, 0.3) is 5.91 Å². The van der Waals surface area contributed by atoms with Crippen LogP contribution in [-0.4, -0.2) is 47.7 Å². The molecule has 3 rings (SSSR count). The highest BCUT2D eigenvalue weighted by molar-refractivity contribution is 7.17. The van der Waals surface area contributed by atoms with Crippen LogP contribution in [0.5, 0.6) is 0 Å². The Hall–Kier alpha value is -1.89. The van der Waals surface area contributed by atoms with Gasteiger partial charge in [0, 0.05) is 30.0 Å². The van der Waals surface area contributed by atoms with Crippen LogP contribution in [0, 0.1) is 6.92 Å². The molecule has 1 aromatic carbocycles. The molecule has 2 unspecified atom stereocenters. The van der Waals surface area contributed by atoms with Gasteiger partial charge in [0.1, 0.15) is 6.04 Å². The lowest BCUT2D eigenvalue weighted by Crippen LogP contribution is -2.40. The highest BCUT2D eigenvalue weighted by Crippen LogP contribution is 2.35. The van der Waals surface area contributed by atoms with E-state index in [1.165, 1.54) is 23.3 Å². The minimum atomic E-state index is -1.00. The number of hydrogen-bond acceptors (Lipinski definition) is 4. The van der Waals surface area contributed by atoms with Gasteiger partial charge in [0.15, 0.2) is 0 Å². The third-order valence-corrected chi connectivity index (χ3v) is 5.87. The van der Waals surface area contributed by atoms with Crippen molar-refractivity contribution in [2.75, 3.05) is 13.7 Å². The van der Waals surface area contributed by atoms with Crippen molar-refractivity contribution in [3.63, 3.8) is 0 Å². The van der Waals surface area contributed by atoms with Crippen molar-refractivity contribution in [2.24, 2.45) is 0 Å². The van der Waals surface area contributed by atoms with Gasteiger partial charge < -0.3 is 14.7 Å². The van der Waals surface area contributed by atoms with Crippen LogP contribution in [0.25, 0.3) is 10.4 Å². The Morgan fingerprint density at radius 2 is 2.12 bits per heavy atom. The molecule has 0 radical (unpaired) electrons. The Kier molecular flexibility index (Phi) is 5.13. The van der Waals surface area contributed by atoms with Gasteiger partial charge >= 0.3 is 5.97 Å². The molecule has 0 saturated carbocycles.